The highest BCUT2D eigenvalue weighted by Gasteiger charge is 2.29. The highest BCUT2D eigenvalue weighted by molar-refractivity contribution is 5.81. The molecule has 3 nitrogen and oxygen atoms in total. The van der Waals surface area contributed by atoms with Gasteiger partial charge in [0.05, 0.1) is 5.56 Å². The Labute approximate surface area is 135 Å². The van der Waals surface area contributed by atoms with E-state index in [0.717, 1.165) is 23.1 Å². The Hall–Kier alpha value is -2.76. The third-order valence-corrected chi connectivity index (χ3v) is 3.61. The van der Waals surface area contributed by atoms with Gasteiger partial charge < -0.3 is 9.15 Å². The molecule has 0 spiro atoms. The number of benzene rings is 2. The summed E-state index contributed by atoms with van der Waals surface area (Å²) in [5, 5.41) is 0.802. The molecule has 0 saturated heterocycles. The Bertz CT molecular complexity index is 925. The van der Waals surface area contributed by atoms with Gasteiger partial charge >= 0.3 is 11.8 Å². The smallest absolute Gasteiger partial charge is 0.416 e. The lowest BCUT2D eigenvalue weighted by molar-refractivity contribution is -0.137. The van der Waals surface area contributed by atoms with Crippen LogP contribution in [0, 0.1) is 6.92 Å². The summed E-state index contributed by atoms with van der Waals surface area (Å²) in [5.74, 6) is 0.469. The average molecular weight is 334 g/mol. The van der Waals surface area contributed by atoms with Crippen LogP contribution < -0.4 is 10.4 Å². The Balaban J connectivity index is 1.77. The fourth-order valence-corrected chi connectivity index (χ4v) is 2.35. The van der Waals surface area contributed by atoms with Crippen LogP contribution in [0.3, 0.4) is 0 Å². The zero-order chi connectivity index (χ0) is 17.3. The molecule has 124 valence electrons. The van der Waals surface area contributed by atoms with E-state index in [-0.39, 0.29) is 6.61 Å². The molecule has 0 fully saturated rings. The number of hydrogen-bond donors (Lipinski definition) is 0. The molecule has 6 heteroatoms. The van der Waals surface area contributed by atoms with Crippen LogP contribution in [-0.2, 0) is 12.8 Å². The van der Waals surface area contributed by atoms with Gasteiger partial charge in [-0.05, 0) is 42.3 Å². The molecule has 0 bridgehead atoms. The highest BCUT2D eigenvalue weighted by atomic mass is 19.4. The molecule has 0 saturated carbocycles. The normalized spacial score (nSPS) is 11.7. The van der Waals surface area contributed by atoms with Gasteiger partial charge in [-0.15, -0.1) is 0 Å². The lowest BCUT2D eigenvalue weighted by atomic mass is 10.1. The van der Waals surface area contributed by atoms with Crippen molar-refractivity contribution in [1.82, 2.24) is 0 Å². The predicted octanol–water partition coefficient (Wildman–Crippen LogP) is 4.70. The molecule has 3 rings (SSSR count). The molecule has 3 aromatic rings. The molecule has 1 aromatic heterocycles. The maximum Gasteiger partial charge on any atom is 0.416 e. The molecule has 0 radical (unpaired) electrons. The van der Waals surface area contributed by atoms with Crippen molar-refractivity contribution in [3.05, 3.63) is 75.6 Å². The van der Waals surface area contributed by atoms with Crippen molar-refractivity contribution < 1.29 is 22.3 Å². The van der Waals surface area contributed by atoms with E-state index >= 15 is 0 Å². The van der Waals surface area contributed by atoms with Crippen molar-refractivity contribution in [1.29, 1.82) is 0 Å². The van der Waals surface area contributed by atoms with E-state index in [1.54, 1.807) is 18.2 Å². The van der Waals surface area contributed by atoms with Gasteiger partial charge in [-0.2, -0.15) is 13.2 Å². The van der Waals surface area contributed by atoms with Crippen LogP contribution in [0.15, 0.2) is 57.7 Å². The van der Waals surface area contributed by atoms with Crippen molar-refractivity contribution in [3.63, 3.8) is 0 Å². The standard InChI is InChI=1S/C18H13F3O3/c1-11-8-17(22)24-16-9-14(6-7-15(11)16)23-10-12-2-4-13(5-3-12)18(19,20)21/h2-9H,10H2,1H3. The van der Waals surface area contributed by atoms with Gasteiger partial charge in [0.15, 0.2) is 0 Å². The number of fused-ring (bicyclic) bond motifs is 1. The quantitative estimate of drug-likeness (QED) is 0.652. The van der Waals surface area contributed by atoms with Crippen molar-refractivity contribution in [2.75, 3.05) is 0 Å². The van der Waals surface area contributed by atoms with Gasteiger partial charge in [0.2, 0.25) is 0 Å². The lowest BCUT2D eigenvalue weighted by Gasteiger charge is -2.09. The van der Waals surface area contributed by atoms with Gasteiger partial charge in [0, 0.05) is 17.5 Å². The number of alkyl halides is 3. The van der Waals surface area contributed by atoms with Crippen LogP contribution in [0.4, 0.5) is 13.2 Å². The van der Waals surface area contributed by atoms with E-state index in [4.69, 9.17) is 9.15 Å². The molecular formula is C18H13F3O3. The minimum atomic E-state index is -4.35. The van der Waals surface area contributed by atoms with Crippen LogP contribution in [0.25, 0.3) is 11.0 Å². The van der Waals surface area contributed by atoms with E-state index < -0.39 is 17.4 Å². The molecule has 0 N–H and O–H groups in total. The molecule has 1 heterocycles. The number of rotatable bonds is 3. The maximum absolute atomic E-state index is 12.5. The van der Waals surface area contributed by atoms with Crippen LogP contribution in [0.2, 0.25) is 0 Å². The summed E-state index contributed by atoms with van der Waals surface area (Å²) >= 11 is 0. The number of ether oxygens (including phenoxy) is 1. The first-order valence-electron chi connectivity index (χ1n) is 7.16. The molecule has 0 atom stereocenters. The van der Waals surface area contributed by atoms with E-state index in [9.17, 15) is 18.0 Å². The Morgan fingerprint density at radius 3 is 2.42 bits per heavy atom. The monoisotopic (exact) mass is 334 g/mol. The molecule has 0 unspecified atom stereocenters. The summed E-state index contributed by atoms with van der Waals surface area (Å²) in [5.41, 5.74) is 0.670. The maximum atomic E-state index is 12.5. The summed E-state index contributed by atoms with van der Waals surface area (Å²) in [6.45, 7) is 1.92. The first kappa shape index (κ1) is 16.1. The Morgan fingerprint density at radius 1 is 1.04 bits per heavy atom. The Kier molecular flexibility index (Phi) is 4.05. The predicted molar refractivity (Wildman–Crippen MR) is 83.0 cm³/mol. The molecule has 0 aliphatic rings. The number of aryl methyl sites for hydroxylation is 1. The first-order valence-corrected chi connectivity index (χ1v) is 7.16. The van der Waals surface area contributed by atoms with Gasteiger partial charge in [-0.1, -0.05) is 12.1 Å². The van der Waals surface area contributed by atoms with Crippen molar-refractivity contribution in [2.45, 2.75) is 19.7 Å². The van der Waals surface area contributed by atoms with Crippen LogP contribution >= 0.6 is 0 Å². The second-order valence-corrected chi connectivity index (χ2v) is 5.39. The summed E-state index contributed by atoms with van der Waals surface area (Å²) in [6.07, 6.45) is -4.35. The zero-order valence-electron chi connectivity index (χ0n) is 12.7. The third-order valence-electron chi connectivity index (χ3n) is 3.61. The molecular weight excluding hydrogens is 321 g/mol. The summed E-state index contributed by atoms with van der Waals surface area (Å²) in [4.78, 5) is 11.4. The molecule has 2 aromatic carbocycles. The highest BCUT2D eigenvalue weighted by Crippen LogP contribution is 2.29. The third kappa shape index (κ3) is 3.42. The largest absolute Gasteiger partial charge is 0.489 e. The summed E-state index contributed by atoms with van der Waals surface area (Å²) in [6, 6.07) is 11.3. The van der Waals surface area contributed by atoms with E-state index in [0.29, 0.717) is 16.9 Å². The minimum Gasteiger partial charge on any atom is -0.489 e. The van der Waals surface area contributed by atoms with Gasteiger partial charge in [0.25, 0.3) is 0 Å². The van der Waals surface area contributed by atoms with Crippen LogP contribution in [0.5, 0.6) is 5.75 Å². The first-order chi connectivity index (χ1) is 11.3. The fraction of sp³-hybridized carbons (Fsp3) is 0.167. The topological polar surface area (TPSA) is 39.4 Å². The zero-order valence-corrected chi connectivity index (χ0v) is 12.7. The van der Waals surface area contributed by atoms with Gasteiger partial charge in [0.1, 0.15) is 17.9 Å². The van der Waals surface area contributed by atoms with E-state index in [1.807, 2.05) is 6.92 Å². The Morgan fingerprint density at radius 2 is 1.75 bits per heavy atom. The molecule has 0 aliphatic heterocycles. The second-order valence-electron chi connectivity index (χ2n) is 5.39. The number of hydrogen-bond acceptors (Lipinski definition) is 3. The van der Waals surface area contributed by atoms with E-state index in [1.165, 1.54) is 18.2 Å². The summed E-state index contributed by atoms with van der Waals surface area (Å²) < 4.78 is 48.2. The van der Waals surface area contributed by atoms with Crippen LogP contribution in [0.1, 0.15) is 16.7 Å². The summed E-state index contributed by atoms with van der Waals surface area (Å²) in [7, 11) is 0. The van der Waals surface area contributed by atoms with Gasteiger partial charge in [-0.3, -0.25) is 0 Å². The van der Waals surface area contributed by atoms with Crippen LogP contribution in [-0.4, -0.2) is 0 Å². The molecule has 0 aliphatic carbocycles. The average Bonchev–Trinajstić information content (AvgIpc) is 2.52. The van der Waals surface area contributed by atoms with E-state index in [2.05, 4.69) is 0 Å². The lowest BCUT2D eigenvalue weighted by Crippen LogP contribution is -2.05. The minimum absolute atomic E-state index is 0.111. The van der Waals surface area contributed by atoms with Crippen molar-refractivity contribution in [3.8, 4) is 5.75 Å². The van der Waals surface area contributed by atoms with Crippen molar-refractivity contribution >= 4 is 11.0 Å². The molecule has 0 amide bonds. The SMILES string of the molecule is Cc1cc(=O)oc2cc(OCc3ccc(C(F)(F)F)cc3)ccc12. The fourth-order valence-electron chi connectivity index (χ4n) is 2.35. The second kappa shape index (κ2) is 6.03. The van der Waals surface area contributed by atoms with Gasteiger partial charge in [-0.25, -0.2) is 4.79 Å². The number of halogens is 3. The van der Waals surface area contributed by atoms with Crippen molar-refractivity contribution in [2.24, 2.45) is 0 Å². The molecule has 24 heavy (non-hydrogen) atoms.